The first-order valence-corrected chi connectivity index (χ1v) is 17.9. The number of sulfonamides is 1. The van der Waals surface area contributed by atoms with E-state index in [0.29, 0.717) is 48.6 Å². The van der Waals surface area contributed by atoms with Crippen LogP contribution in [0.2, 0.25) is 0 Å². The second-order valence-electron chi connectivity index (χ2n) is 12.0. The van der Waals surface area contributed by atoms with E-state index in [4.69, 9.17) is 5.10 Å². The average Bonchev–Trinajstić information content (AvgIpc) is 3.30. The van der Waals surface area contributed by atoms with Crippen LogP contribution in [0.5, 0.6) is 0 Å². The molecule has 1 aromatic heterocycles. The lowest BCUT2D eigenvalue weighted by Crippen LogP contribution is -2.39. The van der Waals surface area contributed by atoms with Gasteiger partial charge in [0, 0.05) is 66.6 Å². The molecule has 2 saturated heterocycles. The van der Waals surface area contributed by atoms with Crippen molar-refractivity contribution in [1.29, 1.82) is 0 Å². The largest absolute Gasteiger partial charge is 0.417 e. The number of hydrogen-bond acceptors (Lipinski definition) is 8. The molecule has 0 spiro atoms. The summed E-state index contributed by atoms with van der Waals surface area (Å²) in [5, 5.41) is 25.7. The minimum atomic E-state index is -4.54. The van der Waals surface area contributed by atoms with Crippen molar-refractivity contribution in [2.24, 2.45) is 0 Å². The molecular formula is C29H42F3N5O4S2. The van der Waals surface area contributed by atoms with Crippen LogP contribution in [0.15, 0.2) is 23.1 Å². The minimum Gasteiger partial charge on any atom is -0.392 e. The summed E-state index contributed by atoms with van der Waals surface area (Å²) in [4.78, 5) is 4.40. The predicted molar refractivity (Wildman–Crippen MR) is 160 cm³/mol. The molecule has 1 aromatic carbocycles. The van der Waals surface area contributed by atoms with E-state index in [1.54, 1.807) is 4.68 Å². The number of aromatic nitrogens is 2. The third kappa shape index (κ3) is 8.33. The van der Waals surface area contributed by atoms with E-state index in [0.717, 1.165) is 75.1 Å². The van der Waals surface area contributed by atoms with E-state index >= 15 is 0 Å². The fraction of sp³-hybridized carbons (Fsp3) is 0.690. The summed E-state index contributed by atoms with van der Waals surface area (Å²) in [6, 6.07) is 4.00. The lowest BCUT2D eigenvalue weighted by atomic mass is 10.0. The van der Waals surface area contributed by atoms with Gasteiger partial charge in [-0.1, -0.05) is 12.5 Å². The summed E-state index contributed by atoms with van der Waals surface area (Å²) >= 11 is 1.13. The summed E-state index contributed by atoms with van der Waals surface area (Å²) in [5.74, 6) is 0.427. The topological polar surface area (TPSA) is 102 Å². The maximum atomic E-state index is 14.0. The number of hydrogen-bond donors (Lipinski definition) is 2. The van der Waals surface area contributed by atoms with Gasteiger partial charge >= 0.3 is 6.18 Å². The highest BCUT2D eigenvalue weighted by atomic mass is 32.2. The summed E-state index contributed by atoms with van der Waals surface area (Å²) in [5.41, 5.74) is 1.69. The van der Waals surface area contributed by atoms with Crippen LogP contribution in [0.25, 0.3) is 11.3 Å². The van der Waals surface area contributed by atoms with Gasteiger partial charge in [0.05, 0.1) is 36.3 Å². The molecule has 0 radical (unpaired) electrons. The second kappa shape index (κ2) is 13.8. The van der Waals surface area contributed by atoms with Gasteiger partial charge in [-0.25, -0.2) is 8.42 Å². The van der Waals surface area contributed by atoms with Crippen molar-refractivity contribution in [3.63, 3.8) is 0 Å². The SMILES string of the molecule is CS(=O)(=O)N1CCc2c(c(-c3ccc(C(F)(F)F)c(SCCN4CCC[C@H](O)C4)c3)nn2C[C@@H](O)CN2CCCCC2)C1. The fourth-order valence-corrected chi connectivity index (χ4v) is 8.28. The van der Waals surface area contributed by atoms with Gasteiger partial charge < -0.3 is 15.1 Å². The van der Waals surface area contributed by atoms with Crippen LogP contribution in [0.3, 0.4) is 0 Å². The Kier molecular flexibility index (Phi) is 10.5. The number of β-amino-alcohol motifs (C(OH)–C–C–N with tert-alkyl or cyclic N) is 2. The van der Waals surface area contributed by atoms with Crippen molar-refractivity contribution >= 4 is 21.8 Å². The molecule has 0 bridgehead atoms. The number of piperidine rings is 2. The first kappa shape index (κ1) is 32.7. The lowest BCUT2D eigenvalue weighted by Gasteiger charge is -2.29. The molecule has 5 rings (SSSR count). The van der Waals surface area contributed by atoms with Gasteiger partial charge in [-0.2, -0.15) is 22.6 Å². The van der Waals surface area contributed by atoms with Crippen LogP contribution in [0.4, 0.5) is 13.2 Å². The number of likely N-dealkylation sites (tertiary alicyclic amines) is 2. The van der Waals surface area contributed by atoms with E-state index in [1.165, 1.54) is 22.9 Å². The molecule has 3 aliphatic rings. The monoisotopic (exact) mass is 645 g/mol. The number of nitrogens with zero attached hydrogens (tertiary/aromatic N) is 5. The zero-order chi connectivity index (χ0) is 30.8. The smallest absolute Gasteiger partial charge is 0.392 e. The van der Waals surface area contributed by atoms with Gasteiger partial charge in [0.1, 0.15) is 0 Å². The number of rotatable bonds is 10. The van der Waals surface area contributed by atoms with Crippen molar-refractivity contribution in [2.45, 2.75) is 74.9 Å². The quantitative estimate of drug-likeness (QED) is 0.380. The molecule has 3 aliphatic heterocycles. The molecule has 2 fully saturated rings. The minimum absolute atomic E-state index is 0.0759. The standard InChI is InChI=1S/C29H42F3N5O4S2/c1-43(40,41)36-13-9-26-24(20-36)28(33-37(26)19-23(39)18-34-10-3-2-4-11-34)21-7-8-25(29(30,31)32)27(16-21)42-15-14-35-12-5-6-22(38)17-35/h7-8,16,22-23,38-39H,2-6,9-15,17-20H2,1H3/t22-,23-/m0/s1. The number of thioether (sulfide) groups is 1. The van der Waals surface area contributed by atoms with Gasteiger partial charge in [0.25, 0.3) is 0 Å². The molecule has 240 valence electrons. The molecule has 0 aliphatic carbocycles. The Morgan fingerprint density at radius 3 is 2.51 bits per heavy atom. The molecule has 43 heavy (non-hydrogen) atoms. The number of aliphatic hydroxyl groups is 2. The Morgan fingerprint density at radius 2 is 1.81 bits per heavy atom. The molecule has 4 heterocycles. The second-order valence-corrected chi connectivity index (χ2v) is 15.1. The van der Waals surface area contributed by atoms with E-state index < -0.39 is 34.0 Å². The number of aliphatic hydroxyl groups excluding tert-OH is 2. The number of halogens is 3. The highest BCUT2D eigenvalue weighted by Gasteiger charge is 2.35. The molecule has 14 heteroatoms. The van der Waals surface area contributed by atoms with Gasteiger partial charge in [-0.3, -0.25) is 9.58 Å². The Balaban J connectivity index is 1.43. The van der Waals surface area contributed by atoms with Crippen molar-refractivity contribution in [1.82, 2.24) is 23.9 Å². The van der Waals surface area contributed by atoms with E-state index in [9.17, 15) is 31.8 Å². The summed E-state index contributed by atoms with van der Waals surface area (Å²) in [7, 11) is -3.50. The lowest BCUT2D eigenvalue weighted by molar-refractivity contribution is -0.139. The number of alkyl halides is 3. The van der Waals surface area contributed by atoms with Crippen LogP contribution in [0.1, 0.15) is 48.9 Å². The van der Waals surface area contributed by atoms with Crippen molar-refractivity contribution in [3.8, 4) is 11.3 Å². The van der Waals surface area contributed by atoms with Crippen LogP contribution >= 0.6 is 11.8 Å². The van der Waals surface area contributed by atoms with Crippen molar-refractivity contribution in [2.75, 3.05) is 57.8 Å². The maximum absolute atomic E-state index is 14.0. The van der Waals surface area contributed by atoms with E-state index in [-0.39, 0.29) is 24.5 Å². The van der Waals surface area contributed by atoms with Crippen molar-refractivity contribution in [3.05, 3.63) is 35.0 Å². The third-order valence-corrected chi connectivity index (χ3v) is 10.9. The van der Waals surface area contributed by atoms with Crippen LogP contribution < -0.4 is 0 Å². The van der Waals surface area contributed by atoms with Crippen LogP contribution in [-0.4, -0.2) is 113 Å². The first-order valence-electron chi connectivity index (χ1n) is 15.1. The van der Waals surface area contributed by atoms with E-state index in [1.807, 2.05) is 0 Å². The number of fused-ring (bicyclic) bond motifs is 1. The highest BCUT2D eigenvalue weighted by molar-refractivity contribution is 7.99. The maximum Gasteiger partial charge on any atom is 0.417 e. The Labute approximate surface area is 256 Å². The summed E-state index contributed by atoms with van der Waals surface area (Å²) < 4.78 is 70.0. The first-order chi connectivity index (χ1) is 20.4. The van der Waals surface area contributed by atoms with Gasteiger partial charge in [-0.15, -0.1) is 11.8 Å². The Hall–Kier alpha value is -1.68. The van der Waals surface area contributed by atoms with Crippen molar-refractivity contribution < 1.29 is 31.8 Å². The Morgan fingerprint density at radius 1 is 1.07 bits per heavy atom. The third-order valence-electron chi connectivity index (χ3n) is 8.58. The zero-order valence-electron chi connectivity index (χ0n) is 24.6. The average molecular weight is 646 g/mol. The van der Waals surface area contributed by atoms with Gasteiger partial charge in [0.15, 0.2) is 0 Å². The Bertz CT molecular complexity index is 1360. The highest BCUT2D eigenvalue weighted by Crippen LogP contribution is 2.40. The normalized spacial score (nSPS) is 22.0. The molecular weight excluding hydrogens is 603 g/mol. The molecule has 0 saturated carbocycles. The number of benzene rings is 1. The molecule has 2 aromatic rings. The summed E-state index contributed by atoms with van der Waals surface area (Å²) in [6.07, 6.45) is 0.920. The molecule has 0 unspecified atom stereocenters. The van der Waals surface area contributed by atoms with Crippen LogP contribution in [-0.2, 0) is 35.7 Å². The van der Waals surface area contributed by atoms with Gasteiger partial charge in [-0.05, 0) is 57.5 Å². The van der Waals surface area contributed by atoms with Crippen LogP contribution in [0, 0.1) is 0 Å². The van der Waals surface area contributed by atoms with E-state index in [2.05, 4.69) is 9.80 Å². The summed E-state index contributed by atoms with van der Waals surface area (Å²) in [6.45, 7) is 4.86. The zero-order valence-corrected chi connectivity index (χ0v) is 26.2. The molecule has 9 nitrogen and oxygen atoms in total. The molecule has 2 atom stereocenters. The predicted octanol–water partition coefficient (Wildman–Crippen LogP) is 3.28. The van der Waals surface area contributed by atoms with Gasteiger partial charge in [0.2, 0.25) is 10.0 Å². The fourth-order valence-electron chi connectivity index (χ4n) is 6.37. The molecule has 0 amide bonds. The molecule has 2 N–H and O–H groups in total.